The predicted octanol–water partition coefficient (Wildman–Crippen LogP) is 4.15. The lowest BCUT2D eigenvalue weighted by Gasteiger charge is -2.14. The van der Waals surface area contributed by atoms with E-state index in [2.05, 4.69) is 5.32 Å². The number of hydrogen-bond acceptors (Lipinski definition) is 6. The molecule has 176 valence electrons. The van der Waals surface area contributed by atoms with Gasteiger partial charge in [0.15, 0.2) is 11.5 Å². The molecule has 0 heterocycles. The second kappa shape index (κ2) is 10.5. The summed E-state index contributed by atoms with van der Waals surface area (Å²) < 4.78 is 49.6. The molecule has 2 N–H and O–H groups in total. The van der Waals surface area contributed by atoms with Crippen LogP contribution in [0.25, 0.3) is 6.08 Å². The topological polar surface area (TPSA) is 128 Å². The highest BCUT2D eigenvalue weighted by Crippen LogP contribution is 2.34. The van der Waals surface area contributed by atoms with E-state index < -0.39 is 40.8 Å². The summed E-state index contributed by atoms with van der Waals surface area (Å²) in [6.45, 7) is 2.60. The number of halogens is 3. The van der Waals surface area contributed by atoms with Gasteiger partial charge in [-0.25, -0.2) is 4.79 Å². The van der Waals surface area contributed by atoms with E-state index in [9.17, 15) is 38.0 Å². The number of rotatable bonds is 9. The quantitative estimate of drug-likeness (QED) is 0.321. The van der Waals surface area contributed by atoms with Gasteiger partial charge in [0.05, 0.1) is 22.7 Å². The lowest BCUT2D eigenvalue weighted by atomic mass is 10.1. The van der Waals surface area contributed by atoms with Gasteiger partial charge in [-0.2, -0.15) is 13.2 Å². The fourth-order valence-electron chi connectivity index (χ4n) is 2.70. The first-order valence-electron chi connectivity index (χ1n) is 9.39. The summed E-state index contributed by atoms with van der Waals surface area (Å²) in [4.78, 5) is 32.8. The number of carbonyl (C=O) groups excluding carboxylic acids is 1. The molecule has 0 aliphatic rings. The minimum Gasteiger partial charge on any atom is -0.490 e. The van der Waals surface area contributed by atoms with Crippen molar-refractivity contribution in [3.63, 3.8) is 0 Å². The normalized spacial score (nSPS) is 11.6. The van der Waals surface area contributed by atoms with Crippen molar-refractivity contribution in [1.29, 1.82) is 0 Å². The Morgan fingerprint density at radius 2 is 1.85 bits per heavy atom. The van der Waals surface area contributed by atoms with E-state index in [4.69, 9.17) is 9.47 Å². The summed E-state index contributed by atoms with van der Waals surface area (Å²) in [5.74, 6) is -1.65. The van der Waals surface area contributed by atoms with Crippen LogP contribution in [0.4, 0.5) is 18.9 Å². The average Bonchev–Trinajstić information content (AvgIpc) is 2.71. The number of nitro groups is 1. The highest BCUT2D eigenvalue weighted by atomic mass is 19.4. The van der Waals surface area contributed by atoms with E-state index in [1.54, 1.807) is 6.92 Å². The van der Waals surface area contributed by atoms with Crippen LogP contribution in [-0.2, 0) is 22.4 Å². The van der Waals surface area contributed by atoms with Crippen LogP contribution in [0.5, 0.6) is 11.5 Å². The molecular weight excluding hydrogens is 449 g/mol. The van der Waals surface area contributed by atoms with Crippen LogP contribution in [0.15, 0.2) is 42.1 Å². The SMILES string of the molecule is CCOc1cc(/C=C(/NC(C)=O)C(=O)O)ccc1OCc1ccc(C(F)(F)F)cc1[N+](=O)[O-]. The Morgan fingerprint density at radius 3 is 2.39 bits per heavy atom. The summed E-state index contributed by atoms with van der Waals surface area (Å²) in [6, 6.07) is 6.39. The van der Waals surface area contributed by atoms with Crippen LogP contribution >= 0.6 is 0 Å². The first-order chi connectivity index (χ1) is 15.4. The van der Waals surface area contributed by atoms with Gasteiger partial charge in [0.1, 0.15) is 12.3 Å². The van der Waals surface area contributed by atoms with Crippen molar-refractivity contribution in [2.24, 2.45) is 0 Å². The number of alkyl halides is 3. The van der Waals surface area contributed by atoms with E-state index in [-0.39, 0.29) is 29.4 Å². The summed E-state index contributed by atoms with van der Waals surface area (Å²) in [5, 5.41) is 22.6. The minimum absolute atomic E-state index is 0.0850. The molecule has 0 aliphatic carbocycles. The molecule has 2 rings (SSSR count). The van der Waals surface area contributed by atoms with Gasteiger partial charge in [0.2, 0.25) is 5.91 Å². The molecule has 0 saturated heterocycles. The molecule has 0 fully saturated rings. The lowest BCUT2D eigenvalue weighted by Crippen LogP contribution is -2.24. The van der Waals surface area contributed by atoms with Crippen molar-refractivity contribution < 1.29 is 42.3 Å². The van der Waals surface area contributed by atoms with Gasteiger partial charge < -0.3 is 19.9 Å². The molecule has 0 radical (unpaired) electrons. The summed E-state index contributed by atoms with van der Waals surface area (Å²) in [6.07, 6.45) is -3.54. The first kappa shape index (κ1) is 25.2. The molecule has 2 aromatic rings. The monoisotopic (exact) mass is 468 g/mol. The zero-order chi connectivity index (χ0) is 24.8. The molecule has 9 nitrogen and oxygen atoms in total. The minimum atomic E-state index is -4.73. The molecule has 0 saturated carbocycles. The maximum absolute atomic E-state index is 12.9. The molecule has 0 bridgehead atoms. The van der Waals surface area contributed by atoms with Gasteiger partial charge in [-0.3, -0.25) is 14.9 Å². The maximum Gasteiger partial charge on any atom is 0.416 e. The molecule has 2 aromatic carbocycles. The molecule has 0 aliphatic heterocycles. The first-order valence-corrected chi connectivity index (χ1v) is 9.39. The van der Waals surface area contributed by atoms with Crippen LogP contribution < -0.4 is 14.8 Å². The smallest absolute Gasteiger partial charge is 0.416 e. The van der Waals surface area contributed by atoms with E-state index in [1.807, 2.05) is 0 Å². The number of nitrogens with zero attached hydrogens (tertiary/aromatic N) is 1. The fraction of sp³-hybridized carbons (Fsp3) is 0.238. The van der Waals surface area contributed by atoms with Crippen LogP contribution in [0, 0.1) is 10.1 Å². The van der Waals surface area contributed by atoms with Crippen molar-refractivity contribution in [2.45, 2.75) is 26.6 Å². The molecule has 1 amide bonds. The van der Waals surface area contributed by atoms with Crippen molar-refractivity contribution in [3.8, 4) is 11.5 Å². The molecule has 0 atom stereocenters. The van der Waals surface area contributed by atoms with Gasteiger partial charge in [-0.05, 0) is 42.8 Å². The standard InChI is InChI=1S/C21H19F3N2O7/c1-3-32-19-9-13(8-16(20(28)29)25-12(2)27)4-7-18(19)33-11-14-5-6-15(21(22,23)24)10-17(14)26(30)31/h4-10H,3,11H2,1-2H3,(H,25,27)(H,28,29)/b16-8+. The molecular formula is C21H19F3N2O7. The number of aliphatic carboxylic acids is 1. The Bertz CT molecular complexity index is 1100. The highest BCUT2D eigenvalue weighted by Gasteiger charge is 2.33. The lowest BCUT2D eigenvalue weighted by molar-refractivity contribution is -0.386. The van der Waals surface area contributed by atoms with Crippen molar-refractivity contribution in [1.82, 2.24) is 5.32 Å². The zero-order valence-electron chi connectivity index (χ0n) is 17.4. The number of ether oxygens (including phenoxy) is 2. The Hall–Kier alpha value is -4.09. The van der Waals surface area contributed by atoms with Gasteiger partial charge in [0, 0.05) is 13.0 Å². The fourth-order valence-corrected chi connectivity index (χ4v) is 2.70. The maximum atomic E-state index is 12.9. The Kier molecular flexibility index (Phi) is 8.00. The number of nitrogens with one attached hydrogen (secondary N) is 1. The third-order valence-corrected chi connectivity index (χ3v) is 4.11. The number of benzene rings is 2. The van der Waals surface area contributed by atoms with E-state index in [0.717, 1.165) is 19.1 Å². The summed E-state index contributed by atoms with van der Waals surface area (Å²) >= 11 is 0. The van der Waals surface area contributed by atoms with Crippen LogP contribution in [0.3, 0.4) is 0 Å². The highest BCUT2D eigenvalue weighted by molar-refractivity contribution is 5.96. The van der Waals surface area contributed by atoms with Crippen molar-refractivity contribution in [3.05, 3.63) is 68.9 Å². The number of carbonyl (C=O) groups is 2. The summed E-state index contributed by atoms with van der Waals surface area (Å²) in [5.41, 5.74) is -2.02. The van der Waals surface area contributed by atoms with Gasteiger partial charge in [0.25, 0.3) is 5.69 Å². The molecule has 0 unspecified atom stereocenters. The van der Waals surface area contributed by atoms with Gasteiger partial charge in [-0.1, -0.05) is 6.07 Å². The molecule has 0 aromatic heterocycles. The van der Waals surface area contributed by atoms with Crippen LogP contribution in [0.1, 0.15) is 30.5 Å². The van der Waals surface area contributed by atoms with Crippen LogP contribution in [0.2, 0.25) is 0 Å². The zero-order valence-corrected chi connectivity index (χ0v) is 17.4. The Morgan fingerprint density at radius 1 is 1.15 bits per heavy atom. The second-order valence-electron chi connectivity index (χ2n) is 6.57. The third kappa shape index (κ3) is 6.95. The van der Waals surface area contributed by atoms with Crippen molar-refractivity contribution in [2.75, 3.05) is 6.61 Å². The second-order valence-corrected chi connectivity index (χ2v) is 6.57. The van der Waals surface area contributed by atoms with E-state index in [0.29, 0.717) is 11.6 Å². The predicted molar refractivity (Wildman–Crippen MR) is 109 cm³/mol. The Labute approximate surface area is 185 Å². The number of hydrogen-bond donors (Lipinski definition) is 2. The summed E-state index contributed by atoms with van der Waals surface area (Å²) in [7, 11) is 0. The van der Waals surface area contributed by atoms with E-state index >= 15 is 0 Å². The molecule has 0 spiro atoms. The molecule has 12 heteroatoms. The average molecular weight is 468 g/mol. The Balaban J connectivity index is 2.34. The van der Waals surface area contributed by atoms with Gasteiger partial charge >= 0.3 is 12.1 Å². The van der Waals surface area contributed by atoms with Crippen molar-refractivity contribution >= 4 is 23.6 Å². The molecule has 33 heavy (non-hydrogen) atoms. The largest absolute Gasteiger partial charge is 0.490 e. The number of nitro benzene ring substituents is 1. The number of amides is 1. The third-order valence-electron chi connectivity index (χ3n) is 4.11. The number of carboxylic acids is 1. The van der Waals surface area contributed by atoms with Crippen LogP contribution in [-0.4, -0.2) is 28.5 Å². The van der Waals surface area contributed by atoms with Gasteiger partial charge in [-0.15, -0.1) is 0 Å². The van der Waals surface area contributed by atoms with E-state index in [1.165, 1.54) is 24.3 Å². The number of carboxylic acid groups (broad SMARTS) is 1.